The van der Waals surface area contributed by atoms with Gasteiger partial charge in [0.15, 0.2) is 27.5 Å². The van der Waals surface area contributed by atoms with Gasteiger partial charge in [0.1, 0.15) is 11.8 Å². The van der Waals surface area contributed by atoms with Gasteiger partial charge in [-0.3, -0.25) is 9.40 Å². The second kappa shape index (κ2) is 9.21. The Balaban J connectivity index is 1.59. The Morgan fingerprint density at radius 3 is 2.42 bits per heavy atom. The fourth-order valence-corrected chi connectivity index (χ4v) is 4.88. The van der Waals surface area contributed by atoms with Crippen LogP contribution in [0.15, 0.2) is 53.6 Å². The Kier molecular flexibility index (Phi) is 6.41. The molecule has 0 radical (unpaired) electrons. The number of sulfonamides is 1. The highest BCUT2D eigenvalue weighted by Gasteiger charge is 2.34. The molecule has 0 atom stereocenters. The first kappa shape index (κ1) is 25.1. The summed E-state index contributed by atoms with van der Waals surface area (Å²) in [5, 5.41) is 11.9. The number of aromatic nitrogens is 3. The summed E-state index contributed by atoms with van der Waals surface area (Å²) >= 11 is 0.468. The third kappa shape index (κ3) is 5.14. The van der Waals surface area contributed by atoms with E-state index < -0.39 is 32.8 Å². The molecule has 0 bridgehead atoms. The number of anilines is 1. The van der Waals surface area contributed by atoms with E-state index in [2.05, 4.69) is 14.8 Å². The average Bonchev–Trinajstić information content (AvgIpc) is 3.39. The number of ether oxygens (including phenoxy) is 1. The molecule has 4 rings (SSSR count). The molecule has 0 aliphatic heterocycles. The minimum atomic E-state index is -4.67. The molecule has 0 aliphatic carbocycles. The fourth-order valence-electron chi connectivity index (χ4n) is 3.07. The number of halogens is 5. The molecule has 0 amide bonds. The highest BCUT2D eigenvalue weighted by atomic mass is 32.2. The number of hydrogen-bond acceptors (Lipinski definition) is 7. The molecular formula is C21H12F5N5O3S2. The van der Waals surface area contributed by atoms with Crippen molar-refractivity contribution in [3.8, 4) is 28.8 Å². The largest absolute Gasteiger partial charge is 0.453 e. The van der Waals surface area contributed by atoms with Crippen LogP contribution >= 0.6 is 11.3 Å². The molecule has 2 aromatic carbocycles. The Morgan fingerprint density at radius 2 is 1.83 bits per heavy atom. The van der Waals surface area contributed by atoms with Crippen LogP contribution in [0.25, 0.3) is 11.3 Å². The Hall–Kier alpha value is -4.03. The average molecular weight is 541 g/mol. The molecule has 2 heterocycles. The molecular weight excluding hydrogens is 529 g/mol. The summed E-state index contributed by atoms with van der Waals surface area (Å²) in [6, 6.07) is 9.10. The van der Waals surface area contributed by atoms with Gasteiger partial charge in [-0.05, 0) is 42.5 Å². The van der Waals surface area contributed by atoms with Gasteiger partial charge in [-0.15, -0.1) is 0 Å². The molecule has 2 aromatic heterocycles. The molecule has 0 fully saturated rings. The first-order valence-electron chi connectivity index (χ1n) is 9.64. The summed E-state index contributed by atoms with van der Waals surface area (Å²) in [6.45, 7) is 0. The minimum absolute atomic E-state index is 0.00709. The second-order valence-electron chi connectivity index (χ2n) is 7.13. The molecule has 0 aliphatic rings. The number of nitrogens with one attached hydrogen (secondary N) is 1. The SMILES string of the molecule is Cn1nc(C(F)(F)F)cc1-c1ccc(Oc2ccc(S(=O)(=O)Nc3ncc(F)s3)cc2C#N)c(F)c1. The van der Waals surface area contributed by atoms with Crippen molar-refractivity contribution in [3.63, 3.8) is 0 Å². The molecule has 36 heavy (non-hydrogen) atoms. The highest BCUT2D eigenvalue weighted by Crippen LogP contribution is 2.34. The van der Waals surface area contributed by atoms with Crippen molar-refractivity contribution in [3.05, 3.63) is 70.9 Å². The Labute approximate surface area is 204 Å². The number of rotatable bonds is 6. The molecule has 0 spiro atoms. The van der Waals surface area contributed by atoms with Crippen LogP contribution in [-0.2, 0) is 23.2 Å². The summed E-state index contributed by atoms with van der Waals surface area (Å²) in [5.74, 6) is -1.49. The third-order valence-corrected chi connectivity index (χ3v) is 6.87. The molecule has 4 aromatic rings. The van der Waals surface area contributed by atoms with E-state index in [1.807, 2.05) is 0 Å². The van der Waals surface area contributed by atoms with Gasteiger partial charge in [0.2, 0.25) is 0 Å². The van der Waals surface area contributed by atoms with Gasteiger partial charge < -0.3 is 4.74 Å². The minimum Gasteiger partial charge on any atom is -0.453 e. The second-order valence-corrected chi connectivity index (χ2v) is 9.79. The Morgan fingerprint density at radius 1 is 1.11 bits per heavy atom. The fraction of sp³-hybridized carbons (Fsp3) is 0.0952. The first-order valence-corrected chi connectivity index (χ1v) is 11.9. The third-order valence-electron chi connectivity index (χ3n) is 4.70. The summed E-state index contributed by atoms with van der Waals surface area (Å²) in [6.07, 6.45) is -3.83. The summed E-state index contributed by atoms with van der Waals surface area (Å²) < 4.78 is 100. The molecule has 0 saturated carbocycles. The normalized spacial score (nSPS) is 11.8. The van der Waals surface area contributed by atoms with Gasteiger partial charge in [0.25, 0.3) is 10.0 Å². The first-order chi connectivity index (χ1) is 16.9. The lowest BCUT2D eigenvalue weighted by molar-refractivity contribution is -0.141. The molecule has 0 unspecified atom stereocenters. The van der Waals surface area contributed by atoms with Gasteiger partial charge in [-0.25, -0.2) is 17.8 Å². The van der Waals surface area contributed by atoms with Crippen LogP contribution < -0.4 is 9.46 Å². The van der Waals surface area contributed by atoms with Crippen molar-refractivity contribution in [1.82, 2.24) is 14.8 Å². The van der Waals surface area contributed by atoms with E-state index in [1.54, 1.807) is 6.07 Å². The van der Waals surface area contributed by atoms with Gasteiger partial charge in [-0.1, -0.05) is 11.3 Å². The number of alkyl halides is 3. The number of thiazole rings is 1. The number of nitriles is 1. The zero-order valence-electron chi connectivity index (χ0n) is 17.8. The monoisotopic (exact) mass is 541 g/mol. The predicted octanol–water partition coefficient (Wildman–Crippen LogP) is 5.31. The molecule has 1 N–H and O–H groups in total. The standard InChI is InChI=1S/C21H12F5N5O3S2/c1-31-15(8-18(29-31)21(24,25)26)11-2-4-17(14(22)7-11)34-16-5-3-13(6-12(16)9-27)36(32,33)30-20-28-10-19(23)35-20/h2-8,10H,1H3,(H,28,30). The number of benzene rings is 2. The van der Waals surface area contributed by atoms with Crippen LogP contribution in [0.3, 0.4) is 0 Å². The molecule has 15 heteroatoms. The maximum absolute atomic E-state index is 14.7. The molecule has 186 valence electrons. The van der Waals surface area contributed by atoms with Crippen LogP contribution in [0.5, 0.6) is 11.5 Å². The van der Waals surface area contributed by atoms with E-state index in [-0.39, 0.29) is 38.3 Å². The van der Waals surface area contributed by atoms with E-state index in [1.165, 1.54) is 13.1 Å². The maximum atomic E-state index is 14.7. The molecule has 8 nitrogen and oxygen atoms in total. The highest BCUT2D eigenvalue weighted by molar-refractivity contribution is 7.93. The number of nitrogens with zero attached hydrogens (tertiary/aromatic N) is 4. The summed E-state index contributed by atoms with van der Waals surface area (Å²) in [5.41, 5.74) is -1.29. The van der Waals surface area contributed by atoms with Crippen LogP contribution in [0.1, 0.15) is 11.3 Å². The summed E-state index contributed by atoms with van der Waals surface area (Å²) in [7, 11) is -2.94. The number of hydrogen-bond donors (Lipinski definition) is 1. The van der Waals surface area contributed by atoms with E-state index in [4.69, 9.17) is 4.74 Å². The quantitative estimate of drug-likeness (QED) is 0.332. The zero-order valence-corrected chi connectivity index (χ0v) is 19.5. The zero-order chi connectivity index (χ0) is 26.3. The maximum Gasteiger partial charge on any atom is 0.435 e. The lowest BCUT2D eigenvalue weighted by atomic mass is 10.1. The van der Waals surface area contributed by atoms with Crippen LogP contribution in [0, 0.1) is 22.3 Å². The van der Waals surface area contributed by atoms with Crippen molar-refractivity contribution < 1.29 is 35.1 Å². The Bertz CT molecular complexity index is 1610. The van der Waals surface area contributed by atoms with Gasteiger partial charge >= 0.3 is 6.18 Å². The van der Waals surface area contributed by atoms with E-state index in [9.17, 15) is 35.6 Å². The van der Waals surface area contributed by atoms with E-state index in [0.29, 0.717) is 11.3 Å². The van der Waals surface area contributed by atoms with Crippen molar-refractivity contribution in [1.29, 1.82) is 5.26 Å². The van der Waals surface area contributed by atoms with Crippen LogP contribution in [0.4, 0.5) is 27.1 Å². The smallest absolute Gasteiger partial charge is 0.435 e. The van der Waals surface area contributed by atoms with Crippen molar-refractivity contribution in [2.45, 2.75) is 11.1 Å². The topological polar surface area (TPSA) is 110 Å². The lowest BCUT2D eigenvalue weighted by Crippen LogP contribution is -2.13. The predicted molar refractivity (Wildman–Crippen MR) is 118 cm³/mol. The van der Waals surface area contributed by atoms with Crippen molar-refractivity contribution in [2.24, 2.45) is 7.05 Å². The van der Waals surface area contributed by atoms with Crippen molar-refractivity contribution in [2.75, 3.05) is 4.72 Å². The lowest BCUT2D eigenvalue weighted by Gasteiger charge is -2.11. The summed E-state index contributed by atoms with van der Waals surface area (Å²) in [4.78, 5) is 3.21. The van der Waals surface area contributed by atoms with Crippen LogP contribution in [0.2, 0.25) is 0 Å². The van der Waals surface area contributed by atoms with E-state index in [0.717, 1.165) is 47.3 Å². The van der Waals surface area contributed by atoms with E-state index >= 15 is 0 Å². The van der Waals surface area contributed by atoms with Crippen molar-refractivity contribution >= 4 is 26.5 Å². The van der Waals surface area contributed by atoms with Crippen LogP contribution in [-0.4, -0.2) is 23.2 Å². The van der Waals surface area contributed by atoms with Gasteiger partial charge in [0.05, 0.1) is 22.3 Å². The van der Waals surface area contributed by atoms with Gasteiger partial charge in [0, 0.05) is 12.6 Å². The van der Waals surface area contributed by atoms with Gasteiger partial charge in [-0.2, -0.15) is 27.9 Å². The molecule has 0 saturated heterocycles. The number of aryl methyl sites for hydroxylation is 1.